The molecule has 29 heavy (non-hydrogen) atoms. The Hall–Kier alpha value is -0.600. The predicted octanol–water partition coefficient (Wildman–Crippen LogP) is 6.42. The van der Waals surface area contributed by atoms with Crippen LogP contribution in [0.5, 0.6) is 0 Å². The van der Waals surface area contributed by atoms with Gasteiger partial charge in [-0.1, -0.05) is 56.9 Å². The van der Waals surface area contributed by atoms with E-state index in [1.165, 1.54) is 44.1 Å². The smallest absolute Gasteiger partial charge is 0.0636 e. The van der Waals surface area contributed by atoms with Crippen LogP contribution in [0.3, 0.4) is 0 Å². The maximum atomic E-state index is 11.0. The second-order valence-electron chi connectivity index (χ2n) is 12.1. The Labute approximate surface area is 178 Å². The minimum absolute atomic E-state index is 0.0138. The molecule has 2 nitrogen and oxygen atoms in total. The standard InChI is InChI=1S/C27H44O2/c1-18(8-7-16-25(2,3)29)21-13-14-22-20-12-11-19-9-6-10-24(28)27(19,5)23(20)15-17-26(21,22)4/h11-12,18,21-24,28-29H,6-10,13-17H2,1-5H3/t18-,21-,22+,23+,24+,26+,27+/m1/s1. The average Bonchev–Trinajstić information content (AvgIpc) is 2.99. The van der Waals surface area contributed by atoms with Crippen LogP contribution in [0.2, 0.25) is 0 Å². The van der Waals surface area contributed by atoms with E-state index in [1.54, 1.807) is 5.57 Å². The van der Waals surface area contributed by atoms with E-state index in [2.05, 4.69) is 32.9 Å². The first-order valence-corrected chi connectivity index (χ1v) is 12.4. The fraction of sp³-hybridized carbons (Fsp3) is 0.852. The summed E-state index contributed by atoms with van der Waals surface area (Å²) in [5, 5.41) is 21.1. The van der Waals surface area contributed by atoms with Crippen molar-refractivity contribution in [1.82, 2.24) is 0 Å². The van der Waals surface area contributed by atoms with Gasteiger partial charge in [-0.05, 0) is 94.3 Å². The molecule has 0 heterocycles. The lowest BCUT2D eigenvalue weighted by Crippen LogP contribution is -2.50. The molecule has 2 heteroatoms. The molecule has 0 aliphatic heterocycles. The molecule has 0 aromatic carbocycles. The maximum absolute atomic E-state index is 11.0. The van der Waals surface area contributed by atoms with Gasteiger partial charge in [-0.3, -0.25) is 0 Å². The molecular formula is C27H44O2. The zero-order valence-corrected chi connectivity index (χ0v) is 19.5. The van der Waals surface area contributed by atoms with Crippen molar-refractivity contribution < 1.29 is 10.2 Å². The first-order chi connectivity index (χ1) is 13.6. The Morgan fingerprint density at radius 1 is 1.10 bits per heavy atom. The number of aliphatic hydroxyl groups is 2. The summed E-state index contributed by atoms with van der Waals surface area (Å²) < 4.78 is 0. The van der Waals surface area contributed by atoms with Gasteiger partial charge in [0, 0.05) is 5.41 Å². The van der Waals surface area contributed by atoms with Gasteiger partial charge in [0.15, 0.2) is 0 Å². The van der Waals surface area contributed by atoms with E-state index in [4.69, 9.17) is 0 Å². The van der Waals surface area contributed by atoms with Gasteiger partial charge in [0.2, 0.25) is 0 Å². The highest BCUT2D eigenvalue weighted by molar-refractivity contribution is 5.39. The molecule has 0 saturated heterocycles. The summed E-state index contributed by atoms with van der Waals surface area (Å²) in [7, 11) is 0. The summed E-state index contributed by atoms with van der Waals surface area (Å²) in [6.07, 6.45) is 16.5. The fourth-order valence-corrected chi connectivity index (χ4v) is 8.09. The van der Waals surface area contributed by atoms with Crippen molar-refractivity contribution in [3.05, 3.63) is 23.3 Å². The highest BCUT2D eigenvalue weighted by Crippen LogP contribution is 2.66. The van der Waals surface area contributed by atoms with Crippen molar-refractivity contribution in [3.63, 3.8) is 0 Å². The average molecular weight is 401 g/mol. The number of hydrogen-bond acceptors (Lipinski definition) is 2. The lowest BCUT2D eigenvalue weighted by molar-refractivity contribution is -0.0248. The van der Waals surface area contributed by atoms with Gasteiger partial charge in [-0.25, -0.2) is 0 Å². The van der Waals surface area contributed by atoms with Crippen LogP contribution in [0.4, 0.5) is 0 Å². The molecule has 0 aromatic rings. The van der Waals surface area contributed by atoms with Gasteiger partial charge in [0.25, 0.3) is 0 Å². The van der Waals surface area contributed by atoms with Crippen LogP contribution >= 0.6 is 0 Å². The Bertz CT molecular complexity index is 683. The van der Waals surface area contributed by atoms with Crippen molar-refractivity contribution in [1.29, 1.82) is 0 Å². The van der Waals surface area contributed by atoms with Crippen molar-refractivity contribution in [2.75, 3.05) is 0 Å². The van der Waals surface area contributed by atoms with Gasteiger partial charge in [-0.15, -0.1) is 0 Å². The number of allylic oxidation sites excluding steroid dienone is 3. The molecule has 4 aliphatic rings. The molecule has 0 radical (unpaired) electrons. The maximum Gasteiger partial charge on any atom is 0.0636 e. The van der Waals surface area contributed by atoms with Gasteiger partial charge < -0.3 is 10.2 Å². The SMILES string of the molecule is C[C@H](CCCC(C)(C)O)[C@H]1CC[C@H]2C3=CC=C4CCC[C@H](O)[C@]4(C)[C@H]3CC[C@@]12C. The van der Waals surface area contributed by atoms with E-state index >= 15 is 0 Å². The van der Waals surface area contributed by atoms with Crippen molar-refractivity contribution in [3.8, 4) is 0 Å². The highest BCUT2D eigenvalue weighted by Gasteiger charge is 2.58. The third-order valence-electron chi connectivity index (χ3n) is 9.83. The largest absolute Gasteiger partial charge is 0.392 e. The summed E-state index contributed by atoms with van der Waals surface area (Å²) in [4.78, 5) is 0. The van der Waals surface area contributed by atoms with E-state index < -0.39 is 5.60 Å². The second-order valence-corrected chi connectivity index (χ2v) is 12.1. The van der Waals surface area contributed by atoms with Crippen LogP contribution in [-0.2, 0) is 0 Å². The van der Waals surface area contributed by atoms with Crippen molar-refractivity contribution in [2.24, 2.45) is 34.5 Å². The molecule has 0 unspecified atom stereocenters. The van der Waals surface area contributed by atoms with Crippen LogP contribution in [0.25, 0.3) is 0 Å². The first kappa shape index (κ1) is 21.6. The summed E-state index contributed by atoms with van der Waals surface area (Å²) in [5.41, 5.74) is 3.06. The summed E-state index contributed by atoms with van der Waals surface area (Å²) in [6, 6.07) is 0. The molecule has 4 rings (SSSR count). The van der Waals surface area contributed by atoms with Crippen LogP contribution in [0.15, 0.2) is 23.3 Å². The topological polar surface area (TPSA) is 40.5 Å². The number of rotatable bonds is 5. The minimum atomic E-state index is -0.535. The van der Waals surface area contributed by atoms with E-state index in [0.29, 0.717) is 17.3 Å². The quantitative estimate of drug-likeness (QED) is 0.559. The molecular weight excluding hydrogens is 356 g/mol. The lowest BCUT2D eigenvalue weighted by Gasteiger charge is -2.56. The summed E-state index contributed by atoms with van der Waals surface area (Å²) in [6.45, 7) is 11.3. The van der Waals surface area contributed by atoms with E-state index in [1.807, 2.05) is 13.8 Å². The second kappa shape index (κ2) is 7.52. The van der Waals surface area contributed by atoms with E-state index in [0.717, 1.165) is 37.5 Å². The summed E-state index contributed by atoms with van der Waals surface area (Å²) >= 11 is 0. The normalized spacial score (nSPS) is 43.0. The van der Waals surface area contributed by atoms with Gasteiger partial charge in [-0.2, -0.15) is 0 Å². The lowest BCUT2D eigenvalue weighted by atomic mass is 9.49. The Morgan fingerprint density at radius 2 is 1.86 bits per heavy atom. The number of hydrogen-bond donors (Lipinski definition) is 2. The third kappa shape index (κ3) is 3.57. The fourth-order valence-electron chi connectivity index (χ4n) is 8.09. The molecule has 0 spiro atoms. The monoisotopic (exact) mass is 400 g/mol. The van der Waals surface area contributed by atoms with Gasteiger partial charge in [0.05, 0.1) is 11.7 Å². The number of aliphatic hydroxyl groups excluding tert-OH is 1. The molecule has 0 aromatic heterocycles. The van der Waals surface area contributed by atoms with Crippen molar-refractivity contribution >= 4 is 0 Å². The van der Waals surface area contributed by atoms with Crippen LogP contribution in [0, 0.1) is 34.5 Å². The molecule has 2 N–H and O–H groups in total. The first-order valence-electron chi connectivity index (χ1n) is 12.4. The molecule has 3 fully saturated rings. The molecule has 3 saturated carbocycles. The van der Waals surface area contributed by atoms with Gasteiger partial charge >= 0.3 is 0 Å². The summed E-state index contributed by atoms with van der Waals surface area (Å²) in [5.74, 6) is 2.78. The predicted molar refractivity (Wildman–Crippen MR) is 120 cm³/mol. The molecule has 4 aliphatic carbocycles. The van der Waals surface area contributed by atoms with Crippen LogP contribution < -0.4 is 0 Å². The van der Waals surface area contributed by atoms with E-state index in [-0.39, 0.29) is 11.5 Å². The van der Waals surface area contributed by atoms with Crippen LogP contribution in [-0.4, -0.2) is 21.9 Å². The zero-order valence-electron chi connectivity index (χ0n) is 19.5. The van der Waals surface area contributed by atoms with E-state index in [9.17, 15) is 10.2 Å². The van der Waals surface area contributed by atoms with Gasteiger partial charge in [0.1, 0.15) is 0 Å². The minimum Gasteiger partial charge on any atom is -0.392 e. The molecule has 0 bridgehead atoms. The Morgan fingerprint density at radius 3 is 2.59 bits per heavy atom. The Balaban J connectivity index is 1.52. The van der Waals surface area contributed by atoms with Crippen LogP contribution in [0.1, 0.15) is 98.8 Å². The molecule has 7 atom stereocenters. The molecule has 0 amide bonds. The van der Waals surface area contributed by atoms with Crippen molar-refractivity contribution in [2.45, 2.75) is 111 Å². The Kier molecular flexibility index (Phi) is 5.61. The zero-order chi connectivity index (χ0) is 21.0. The third-order valence-corrected chi connectivity index (χ3v) is 9.83. The molecule has 164 valence electrons. The highest BCUT2D eigenvalue weighted by atomic mass is 16.3. The number of fused-ring (bicyclic) bond motifs is 5.